The third-order valence-corrected chi connectivity index (χ3v) is 7.46. The largest absolute Gasteiger partial charge is 0.504 e. The van der Waals surface area contributed by atoms with Crippen LogP contribution in [0.4, 0.5) is 0 Å². The van der Waals surface area contributed by atoms with Crippen LogP contribution in [0.3, 0.4) is 0 Å². The second-order valence-corrected chi connectivity index (χ2v) is 10.6. The minimum absolute atomic E-state index is 0.0399. The van der Waals surface area contributed by atoms with Crippen LogP contribution in [0.1, 0.15) is 115 Å². The lowest BCUT2D eigenvalue weighted by molar-refractivity contribution is 0.402. The lowest BCUT2D eigenvalue weighted by Gasteiger charge is -2.12. The summed E-state index contributed by atoms with van der Waals surface area (Å²) in [6, 6.07) is 3.62. The fraction of sp³-hybridized carbons (Fsp3) is 0.769. The van der Waals surface area contributed by atoms with E-state index in [9.17, 15) is 10.2 Å². The molecular formula is C26H42O2. The molecule has 1 aromatic carbocycles. The minimum atomic E-state index is 0.0399. The van der Waals surface area contributed by atoms with Gasteiger partial charge < -0.3 is 10.2 Å². The molecular weight excluding hydrogens is 344 g/mol. The number of benzene rings is 1. The van der Waals surface area contributed by atoms with Crippen LogP contribution in [0.25, 0.3) is 0 Å². The molecule has 0 amide bonds. The van der Waals surface area contributed by atoms with Gasteiger partial charge in [-0.1, -0.05) is 52.4 Å². The molecule has 2 N–H and O–H groups in total. The molecule has 2 heteroatoms. The molecule has 0 bridgehead atoms. The van der Waals surface area contributed by atoms with Crippen LogP contribution in [0.5, 0.6) is 11.5 Å². The van der Waals surface area contributed by atoms with Gasteiger partial charge in [0.1, 0.15) is 0 Å². The standard InChI is InChI=1S/C26H42O2/c1-25(15-16-25)13-9-5-3-7-11-21-19-23(27)24(28)20-22(21)12-8-4-6-10-14-26(2)17-18-26/h19-20,27-28H,3-18H2,1-2H3. The van der Waals surface area contributed by atoms with Gasteiger partial charge in [0.05, 0.1) is 0 Å². The van der Waals surface area contributed by atoms with Gasteiger partial charge in [-0.3, -0.25) is 0 Å². The zero-order chi connectivity index (χ0) is 20.0. The Kier molecular flexibility index (Phi) is 7.34. The maximum atomic E-state index is 9.94. The number of aromatic hydroxyl groups is 2. The van der Waals surface area contributed by atoms with Gasteiger partial charge in [0.15, 0.2) is 11.5 Å². The monoisotopic (exact) mass is 386 g/mol. The molecule has 2 nitrogen and oxygen atoms in total. The van der Waals surface area contributed by atoms with Crippen molar-refractivity contribution in [3.05, 3.63) is 23.3 Å². The number of rotatable bonds is 14. The Morgan fingerprint density at radius 3 is 1.32 bits per heavy atom. The Morgan fingerprint density at radius 2 is 0.964 bits per heavy atom. The van der Waals surface area contributed by atoms with E-state index in [2.05, 4.69) is 13.8 Å². The predicted octanol–water partition coefficient (Wildman–Crippen LogP) is 7.68. The summed E-state index contributed by atoms with van der Waals surface area (Å²) in [5.41, 5.74) is 3.86. The van der Waals surface area contributed by atoms with Crippen molar-refractivity contribution >= 4 is 0 Å². The highest BCUT2D eigenvalue weighted by molar-refractivity contribution is 5.45. The van der Waals surface area contributed by atoms with Crippen molar-refractivity contribution < 1.29 is 10.2 Å². The van der Waals surface area contributed by atoms with Crippen LogP contribution in [-0.2, 0) is 12.8 Å². The van der Waals surface area contributed by atoms with Gasteiger partial charge in [0, 0.05) is 0 Å². The number of phenols is 2. The normalized spacial score (nSPS) is 18.9. The molecule has 2 saturated carbocycles. The summed E-state index contributed by atoms with van der Waals surface area (Å²) in [6.45, 7) is 4.84. The van der Waals surface area contributed by atoms with E-state index in [4.69, 9.17) is 0 Å². The van der Waals surface area contributed by atoms with Crippen molar-refractivity contribution in [2.45, 2.75) is 117 Å². The number of aryl methyl sites for hydroxylation is 2. The number of unbranched alkanes of at least 4 members (excludes halogenated alkanes) is 6. The molecule has 0 aliphatic heterocycles. The summed E-state index contributed by atoms with van der Waals surface area (Å²) in [6.07, 6.45) is 20.9. The van der Waals surface area contributed by atoms with Crippen LogP contribution in [0.2, 0.25) is 0 Å². The Hall–Kier alpha value is -1.18. The van der Waals surface area contributed by atoms with Crippen LogP contribution in [0, 0.1) is 10.8 Å². The summed E-state index contributed by atoms with van der Waals surface area (Å²) in [5, 5.41) is 19.9. The fourth-order valence-electron chi connectivity index (χ4n) is 4.50. The minimum Gasteiger partial charge on any atom is -0.504 e. The number of hydrogen-bond donors (Lipinski definition) is 2. The van der Waals surface area contributed by atoms with Crippen molar-refractivity contribution in [3.8, 4) is 11.5 Å². The molecule has 28 heavy (non-hydrogen) atoms. The van der Waals surface area contributed by atoms with E-state index < -0.39 is 0 Å². The Balaban J connectivity index is 1.35. The Labute approximate surface area is 172 Å². The third-order valence-electron chi connectivity index (χ3n) is 7.46. The Bertz CT molecular complexity index is 571. The van der Waals surface area contributed by atoms with E-state index in [0.29, 0.717) is 10.8 Å². The molecule has 0 heterocycles. The average Bonchev–Trinajstić information content (AvgIpc) is 3.57. The number of phenolic OH excluding ortho intramolecular Hbond substituents is 2. The van der Waals surface area contributed by atoms with E-state index in [1.54, 1.807) is 0 Å². The van der Waals surface area contributed by atoms with E-state index in [1.165, 1.54) is 101 Å². The molecule has 0 radical (unpaired) electrons. The molecule has 0 saturated heterocycles. The first-order chi connectivity index (χ1) is 13.4. The van der Waals surface area contributed by atoms with Gasteiger partial charge in [-0.2, -0.15) is 0 Å². The van der Waals surface area contributed by atoms with Crippen LogP contribution in [-0.4, -0.2) is 10.2 Å². The summed E-state index contributed by atoms with van der Waals surface area (Å²) in [5.74, 6) is 0.0798. The van der Waals surface area contributed by atoms with Gasteiger partial charge in [-0.05, 0) is 98.3 Å². The molecule has 2 aliphatic rings. The molecule has 3 rings (SSSR count). The van der Waals surface area contributed by atoms with Gasteiger partial charge in [0.2, 0.25) is 0 Å². The highest BCUT2D eigenvalue weighted by atomic mass is 16.3. The van der Waals surface area contributed by atoms with Crippen molar-refractivity contribution in [2.24, 2.45) is 10.8 Å². The molecule has 0 spiro atoms. The number of hydrogen-bond acceptors (Lipinski definition) is 2. The van der Waals surface area contributed by atoms with Gasteiger partial charge in [-0.15, -0.1) is 0 Å². The second kappa shape index (κ2) is 9.55. The molecule has 2 aliphatic carbocycles. The zero-order valence-electron chi connectivity index (χ0n) is 18.4. The van der Waals surface area contributed by atoms with E-state index >= 15 is 0 Å². The molecule has 0 unspecified atom stereocenters. The molecule has 2 fully saturated rings. The zero-order valence-corrected chi connectivity index (χ0v) is 18.4. The SMILES string of the molecule is CC1(CCCCCCc2cc(O)c(O)cc2CCCCCCC2(C)CC2)CC1. The average molecular weight is 387 g/mol. The van der Waals surface area contributed by atoms with Crippen molar-refractivity contribution in [1.82, 2.24) is 0 Å². The van der Waals surface area contributed by atoms with Crippen LogP contribution >= 0.6 is 0 Å². The predicted molar refractivity (Wildman–Crippen MR) is 118 cm³/mol. The van der Waals surface area contributed by atoms with E-state index in [1.807, 2.05) is 12.1 Å². The summed E-state index contributed by atoms with van der Waals surface area (Å²) >= 11 is 0. The van der Waals surface area contributed by atoms with Crippen LogP contribution in [0.15, 0.2) is 12.1 Å². The Morgan fingerprint density at radius 1 is 0.607 bits per heavy atom. The smallest absolute Gasteiger partial charge is 0.157 e. The topological polar surface area (TPSA) is 40.5 Å². The fourth-order valence-corrected chi connectivity index (χ4v) is 4.50. The first-order valence-corrected chi connectivity index (χ1v) is 11.9. The molecule has 158 valence electrons. The van der Waals surface area contributed by atoms with E-state index in [0.717, 1.165) is 12.8 Å². The first-order valence-electron chi connectivity index (χ1n) is 11.9. The highest BCUT2D eigenvalue weighted by Gasteiger charge is 2.36. The third kappa shape index (κ3) is 7.01. The highest BCUT2D eigenvalue weighted by Crippen LogP contribution is 2.49. The van der Waals surface area contributed by atoms with Gasteiger partial charge >= 0.3 is 0 Å². The maximum Gasteiger partial charge on any atom is 0.157 e. The van der Waals surface area contributed by atoms with Gasteiger partial charge in [-0.25, -0.2) is 0 Å². The quantitative estimate of drug-likeness (QED) is 0.254. The second-order valence-electron chi connectivity index (χ2n) is 10.6. The maximum absolute atomic E-state index is 9.94. The molecule has 1 aromatic rings. The molecule has 0 atom stereocenters. The molecule has 0 aromatic heterocycles. The lowest BCUT2D eigenvalue weighted by Crippen LogP contribution is -1.97. The first kappa shape index (κ1) is 21.5. The van der Waals surface area contributed by atoms with Gasteiger partial charge in [0.25, 0.3) is 0 Å². The lowest BCUT2D eigenvalue weighted by atomic mass is 9.94. The summed E-state index contributed by atoms with van der Waals surface area (Å²) in [4.78, 5) is 0. The van der Waals surface area contributed by atoms with Crippen molar-refractivity contribution in [1.29, 1.82) is 0 Å². The summed E-state index contributed by atoms with van der Waals surface area (Å²) in [7, 11) is 0. The van der Waals surface area contributed by atoms with Crippen molar-refractivity contribution in [2.75, 3.05) is 0 Å². The van der Waals surface area contributed by atoms with Crippen molar-refractivity contribution in [3.63, 3.8) is 0 Å². The van der Waals surface area contributed by atoms with E-state index in [-0.39, 0.29) is 11.5 Å². The summed E-state index contributed by atoms with van der Waals surface area (Å²) < 4.78 is 0. The van der Waals surface area contributed by atoms with Crippen LogP contribution < -0.4 is 0 Å².